The molecule has 150 valence electrons. The normalized spacial score (nSPS) is 12.8. The second-order valence-corrected chi connectivity index (χ2v) is 6.71. The lowest BCUT2D eigenvalue weighted by atomic mass is 10.00. The molecule has 0 radical (unpaired) electrons. The third kappa shape index (κ3) is 3.51. The van der Waals surface area contributed by atoms with Crippen molar-refractivity contribution in [2.75, 3.05) is 19.8 Å². The molecule has 0 spiro atoms. The number of aliphatic carboxylic acids is 1. The lowest BCUT2D eigenvalue weighted by molar-refractivity contribution is -0.139. The lowest BCUT2D eigenvalue weighted by Gasteiger charge is -2.19. The average Bonchev–Trinajstić information content (AvgIpc) is 2.71. The minimum absolute atomic E-state index is 0.167. The lowest BCUT2D eigenvalue weighted by Crippen LogP contribution is -2.15. The van der Waals surface area contributed by atoms with Gasteiger partial charge in [-0.2, -0.15) is 0 Å². The predicted octanol–water partition coefficient (Wildman–Crippen LogP) is 3.57. The second kappa shape index (κ2) is 7.50. The van der Waals surface area contributed by atoms with E-state index in [1.54, 1.807) is 31.2 Å². The zero-order chi connectivity index (χ0) is 20.5. The maximum Gasteiger partial charge on any atom is 0.341 e. The monoisotopic (exact) mass is 396 g/mol. The fourth-order valence-electron chi connectivity index (χ4n) is 3.46. The van der Waals surface area contributed by atoms with Crippen LogP contribution < -0.4 is 19.6 Å². The number of benzene rings is 2. The van der Waals surface area contributed by atoms with Crippen molar-refractivity contribution in [2.24, 2.45) is 0 Å². The second-order valence-electron chi connectivity index (χ2n) is 6.71. The van der Waals surface area contributed by atoms with Crippen molar-refractivity contribution in [3.63, 3.8) is 0 Å². The van der Waals surface area contributed by atoms with E-state index in [0.717, 1.165) is 5.56 Å². The molecule has 2 heterocycles. The van der Waals surface area contributed by atoms with E-state index in [1.165, 1.54) is 0 Å². The molecule has 0 fully saturated rings. The number of carboxylic acids is 1. The first-order chi connectivity index (χ1) is 14.0. The molecule has 1 aromatic heterocycles. The Morgan fingerprint density at radius 1 is 1.14 bits per heavy atom. The van der Waals surface area contributed by atoms with Crippen LogP contribution in [-0.4, -0.2) is 30.9 Å². The summed E-state index contributed by atoms with van der Waals surface area (Å²) >= 11 is 0. The number of aryl methyl sites for hydroxylation is 2. The summed E-state index contributed by atoms with van der Waals surface area (Å²) in [5.41, 5.74) is 2.07. The van der Waals surface area contributed by atoms with Gasteiger partial charge in [0.05, 0.1) is 10.9 Å². The highest BCUT2D eigenvalue weighted by Crippen LogP contribution is 2.36. The molecule has 0 unspecified atom stereocenters. The molecule has 7 nitrogen and oxygen atoms in total. The minimum atomic E-state index is -1.07. The Morgan fingerprint density at radius 3 is 2.62 bits per heavy atom. The van der Waals surface area contributed by atoms with Crippen LogP contribution in [0.1, 0.15) is 18.2 Å². The molecule has 0 aliphatic carbocycles. The summed E-state index contributed by atoms with van der Waals surface area (Å²) < 4.78 is 22.5. The summed E-state index contributed by atoms with van der Waals surface area (Å²) in [4.78, 5) is 24.1. The molecule has 1 aliphatic rings. The van der Waals surface area contributed by atoms with E-state index in [-0.39, 0.29) is 5.43 Å². The van der Waals surface area contributed by atoms with Gasteiger partial charge in [0.15, 0.2) is 18.1 Å². The van der Waals surface area contributed by atoms with E-state index in [4.69, 9.17) is 23.7 Å². The molecule has 3 aromatic rings. The average molecular weight is 396 g/mol. The van der Waals surface area contributed by atoms with E-state index in [1.807, 2.05) is 13.0 Å². The number of fused-ring (bicyclic) bond motifs is 2. The number of ether oxygens (including phenoxy) is 3. The molecule has 0 saturated carbocycles. The number of carbonyl (C=O) groups is 1. The molecular weight excluding hydrogens is 376 g/mol. The van der Waals surface area contributed by atoms with Crippen molar-refractivity contribution < 1.29 is 28.5 Å². The Morgan fingerprint density at radius 2 is 1.90 bits per heavy atom. The fourth-order valence-corrected chi connectivity index (χ4v) is 3.46. The predicted molar refractivity (Wildman–Crippen MR) is 106 cm³/mol. The maximum atomic E-state index is 13.3. The Kier molecular flexibility index (Phi) is 4.88. The highest BCUT2D eigenvalue weighted by atomic mass is 16.6. The number of hydrogen-bond donors (Lipinski definition) is 1. The molecule has 1 N–H and O–H groups in total. The number of hydrogen-bond acceptors (Lipinski definition) is 6. The Labute approximate surface area is 166 Å². The van der Waals surface area contributed by atoms with Gasteiger partial charge < -0.3 is 23.7 Å². The molecule has 0 atom stereocenters. The quantitative estimate of drug-likeness (QED) is 0.704. The van der Waals surface area contributed by atoms with Gasteiger partial charge >= 0.3 is 5.97 Å². The van der Waals surface area contributed by atoms with Gasteiger partial charge in [0, 0.05) is 6.07 Å². The van der Waals surface area contributed by atoms with Crippen LogP contribution in [0.3, 0.4) is 0 Å². The molecular formula is C22H20O7. The highest BCUT2D eigenvalue weighted by Gasteiger charge is 2.19. The Balaban J connectivity index is 1.85. The molecule has 4 rings (SSSR count). The highest BCUT2D eigenvalue weighted by molar-refractivity contribution is 5.85. The van der Waals surface area contributed by atoms with Crippen molar-refractivity contribution >= 4 is 16.9 Å². The number of carboxylic acid groups (broad SMARTS) is 1. The fraction of sp³-hybridized carbons (Fsp3) is 0.273. The molecule has 0 bridgehead atoms. The van der Waals surface area contributed by atoms with Crippen LogP contribution >= 0.6 is 0 Å². The zero-order valence-electron chi connectivity index (χ0n) is 16.1. The van der Waals surface area contributed by atoms with Crippen molar-refractivity contribution in [2.45, 2.75) is 20.3 Å². The van der Waals surface area contributed by atoms with Crippen LogP contribution in [0.5, 0.6) is 17.2 Å². The maximum absolute atomic E-state index is 13.3. The SMILES string of the molecule is CCc1cc2c(=O)c(-c3ccc4c(c3)OCCO4)c(C)oc2cc1OCC(=O)O. The Hall–Kier alpha value is -3.48. The van der Waals surface area contributed by atoms with Gasteiger partial charge in [-0.15, -0.1) is 0 Å². The summed E-state index contributed by atoms with van der Waals surface area (Å²) in [6.45, 7) is 4.12. The molecule has 0 saturated heterocycles. The number of rotatable bonds is 5. The van der Waals surface area contributed by atoms with Gasteiger partial charge in [0.25, 0.3) is 0 Å². The topological polar surface area (TPSA) is 95.2 Å². The molecule has 0 amide bonds. The third-order valence-electron chi connectivity index (χ3n) is 4.81. The minimum Gasteiger partial charge on any atom is -0.486 e. The zero-order valence-corrected chi connectivity index (χ0v) is 16.1. The summed E-state index contributed by atoms with van der Waals surface area (Å²) in [6, 6.07) is 8.67. The van der Waals surface area contributed by atoms with Crippen molar-refractivity contribution in [1.82, 2.24) is 0 Å². The van der Waals surface area contributed by atoms with E-state index in [0.29, 0.717) is 64.7 Å². The van der Waals surface area contributed by atoms with Crippen molar-refractivity contribution in [3.05, 3.63) is 51.9 Å². The smallest absolute Gasteiger partial charge is 0.341 e. The standard InChI is InChI=1S/C22H20O7/c1-3-13-8-15-18(10-17(13)28-11-20(23)24)29-12(2)21(22(15)25)14-4-5-16-19(9-14)27-7-6-26-16/h4-5,8-10H,3,6-7,11H2,1-2H3,(H,23,24). The molecule has 29 heavy (non-hydrogen) atoms. The third-order valence-corrected chi connectivity index (χ3v) is 4.81. The van der Waals surface area contributed by atoms with Gasteiger partial charge in [-0.3, -0.25) is 4.79 Å². The van der Waals surface area contributed by atoms with E-state index < -0.39 is 12.6 Å². The van der Waals surface area contributed by atoms with Crippen LogP contribution in [0.2, 0.25) is 0 Å². The van der Waals surface area contributed by atoms with E-state index in [2.05, 4.69) is 0 Å². The molecule has 2 aromatic carbocycles. The van der Waals surface area contributed by atoms with E-state index >= 15 is 0 Å². The van der Waals surface area contributed by atoms with Crippen LogP contribution in [-0.2, 0) is 11.2 Å². The van der Waals surface area contributed by atoms with Gasteiger partial charge in [-0.05, 0) is 42.7 Å². The summed E-state index contributed by atoms with van der Waals surface area (Å²) in [6.07, 6.45) is 0.581. The summed E-state index contributed by atoms with van der Waals surface area (Å²) in [5, 5.41) is 9.29. The first kappa shape index (κ1) is 18.9. The molecule has 1 aliphatic heterocycles. The van der Waals surface area contributed by atoms with Gasteiger partial charge in [-0.1, -0.05) is 13.0 Å². The van der Waals surface area contributed by atoms with Gasteiger partial charge in [0.1, 0.15) is 30.3 Å². The van der Waals surface area contributed by atoms with Gasteiger partial charge in [0.2, 0.25) is 5.43 Å². The van der Waals surface area contributed by atoms with Gasteiger partial charge in [-0.25, -0.2) is 4.79 Å². The van der Waals surface area contributed by atoms with Crippen molar-refractivity contribution in [1.29, 1.82) is 0 Å². The van der Waals surface area contributed by atoms with Crippen LogP contribution in [0.25, 0.3) is 22.1 Å². The summed E-state index contributed by atoms with van der Waals surface area (Å²) in [7, 11) is 0. The first-order valence-electron chi connectivity index (χ1n) is 9.33. The van der Waals surface area contributed by atoms with Crippen LogP contribution in [0.4, 0.5) is 0 Å². The largest absolute Gasteiger partial charge is 0.486 e. The Bertz CT molecular complexity index is 1160. The molecule has 7 heteroatoms. The summed E-state index contributed by atoms with van der Waals surface area (Å²) in [5.74, 6) is 1.03. The van der Waals surface area contributed by atoms with E-state index in [9.17, 15) is 9.59 Å². The van der Waals surface area contributed by atoms with Crippen LogP contribution in [0.15, 0.2) is 39.5 Å². The first-order valence-corrected chi connectivity index (χ1v) is 9.33. The van der Waals surface area contributed by atoms with Crippen LogP contribution in [0, 0.1) is 6.92 Å². The van der Waals surface area contributed by atoms with Crippen molar-refractivity contribution in [3.8, 4) is 28.4 Å².